The van der Waals surface area contributed by atoms with E-state index in [4.69, 9.17) is 4.74 Å². The van der Waals surface area contributed by atoms with Crippen molar-refractivity contribution in [2.24, 2.45) is 5.92 Å². The van der Waals surface area contributed by atoms with Gasteiger partial charge in [0.2, 0.25) is 0 Å². The molecule has 1 aliphatic rings. The second-order valence-corrected chi connectivity index (χ2v) is 5.73. The van der Waals surface area contributed by atoms with Crippen LogP contribution < -0.4 is 10.5 Å². The fourth-order valence-corrected chi connectivity index (χ4v) is 2.44. The molecule has 1 fully saturated rings. The summed E-state index contributed by atoms with van der Waals surface area (Å²) in [6, 6.07) is 1.67. The first-order valence-corrected chi connectivity index (χ1v) is 7.67. The number of rotatable bonds is 5. The van der Waals surface area contributed by atoms with Crippen LogP contribution in [0.1, 0.15) is 13.3 Å². The number of halogens is 1. The van der Waals surface area contributed by atoms with Crippen LogP contribution in [0.3, 0.4) is 0 Å². The number of hydrogen-bond acceptors (Lipinski definition) is 4. The maximum absolute atomic E-state index is 12.0. The summed E-state index contributed by atoms with van der Waals surface area (Å²) in [5, 5.41) is 5.13. The summed E-state index contributed by atoms with van der Waals surface area (Å²) < 4.78 is 6.86. The van der Waals surface area contributed by atoms with E-state index >= 15 is 0 Å². The van der Waals surface area contributed by atoms with E-state index in [9.17, 15) is 4.79 Å². The first-order valence-electron chi connectivity index (χ1n) is 6.55. The predicted molar refractivity (Wildman–Crippen MR) is 79.1 cm³/mol. The maximum atomic E-state index is 12.0. The highest BCUT2D eigenvalue weighted by Crippen LogP contribution is 2.19. The highest BCUT2D eigenvalue weighted by Gasteiger charge is 2.22. The molecule has 0 bridgehead atoms. The lowest BCUT2D eigenvalue weighted by Gasteiger charge is -2.18. The molecule has 5 nitrogen and oxygen atoms in total. The van der Waals surface area contributed by atoms with Crippen molar-refractivity contribution in [1.82, 2.24) is 9.78 Å². The molecular formula is C13H20BrN3O2. The quantitative estimate of drug-likeness (QED) is 0.768. The number of aromatic nitrogens is 2. The molecule has 0 N–H and O–H groups in total. The highest BCUT2D eigenvalue weighted by atomic mass is 79.9. The average molecular weight is 330 g/mol. The largest absolute Gasteiger partial charge is 0.380 e. The first-order chi connectivity index (χ1) is 9.13. The fraction of sp³-hybridized carbons (Fsp3) is 0.692. The molecule has 19 heavy (non-hydrogen) atoms. The smallest absolute Gasteiger partial charge is 0.268 e. The van der Waals surface area contributed by atoms with E-state index in [2.05, 4.69) is 32.9 Å². The van der Waals surface area contributed by atoms with Gasteiger partial charge in [0.25, 0.3) is 5.56 Å². The third kappa shape index (κ3) is 3.57. The normalized spacial score (nSPS) is 20.8. The number of alkyl halides is 1. The molecule has 0 amide bonds. The van der Waals surface area contributed by atoms with E-state index in [1.165, 1.54) is 4.68 Å². The standard InChI is InChI=1S/C13H20BrN3O2/c1-10(6-14)8-17-13(18)5-11(7-15-17)16-4-3-12(9-16)19-2/h5,7,10,12H,3-4,6,8-9H2,1-2H3. The van der Waals surface area contributed by atoms with Crippen LogP contribution >= 0.6 is 15.9 Å². The van der Waals surface area contributed by atoms with Crippen LogP contribution in [-0.2, 0) is 11.3 Å². The van der Waals surface area contributed by atoms with Crippen LogP contribution in [0, 0.1) is 5.92 Å². The summed E-state index contributed by atoms with van der Waals surface area (Å²) in [5.74, 6) is 0.390. The summed E-state index contributed by atoms with van der Waals surface area (Å²) in [4.78, 5) is 14.2. The molecule has 0 aromatic carbocycles. The molecule has 0 aliphatic carbocycles. The molecule has 2 heterocycles. The van der Waals surface area contributed by atoms with E-state index < -0.39 is 0 Å². The van der Waals surface area contributed by atoms with Crippen molar-refractivity contribution in [1.29, 1.82) is 0 Å². The molecule has 6 heteroatoms. The lowest BCUT2D eigenvalue weighted by Crippen LogP contribution is -2.29. The van der Waals surface area contributed by atoms with Gasteiger partial charge in [-0.25, -0.2) is 4.68 Å². The maximum Gasteiger partial charge on any atom is 0.268 e. The molecule has 106 valence electrons. The molecule has 1 aromatic heterocycles. The molecular weight excluding hydrogens is 310 g/mol. The van der Waals surface area contributed by atoms with Gasteiger partial charge in [0.15, 0.2) is 0 Å². The van der Waals surface area contributed by atoms with Crippen LogP contribution in [0.25, 0.3) is 0 Å². The second kappa shape index (κ2) is 6.52. The summed E-state index contributed by atoms with van der Waals surface area (Å²) in [5.41, 5.74) is 0.860. The Kier molecular flexibility index (Phi) is 4.99. The Morgan fingerprint density at radius 3 is 3.00 bits per heavy atom. The number of anilines is 1. The molecule has 0 saturated carbocycles. The van der Waals surface area contributed by atoms with Crippen molar-refractivity contribution in [2.45, 2.75) is 26.0 Å². The number of nitrogens with zero attached hydrogens (tertiary/aromatic N) is 3. The lowest BCUT2D eigenvalue weighted by atomic mass is 10.2. The molecule has 1 saturated heterocycles. The Bertz CT molecular complexity index is 477. The van der Waals surface area contributed by atoms with Gasteiger partial charge in [-0.3, -0.25) is 4.79 Å². The lowest BCUT2D eigenvalue weighted by molar-refractivity contribution is 0.121. The number of methoxy groups -OCH3 is 1. The Hall–Kier alpha value is -0.880. The van der Waals surface area contributed by atoms with Gasteiger partial charge in [0, 0.05) is 38.1 Å². The molecule has 2 rings (SSSR count). The first kappa shape index (κ1) is 14.5. The predicted octanol–water partition coefficient (Wildman–Crippen LogP) is 1.50. The monoisotopic (exact) mass is 329 g/mol. The number of ether oxygens (including phenoxy) is 1. The van der Waals surface area contributed by atoms with Gasteiger partial charge in [-0.1, -0.05) is 22.9 Å². The van der Waals surface area contributed by atoms with E-state index in [1.807, 2.05) is 0 Å². The van der Waals surface area contributed by atoms with E-state index in [0.29, 0.717) is 12.5 Å². The fourth-order valence-electron chi connectivity index (χ4n) is 2.23. The molecule has 2 atom stereocenters. The minimum atomic E-state index is -0.0360. The van der Waals surface area contributed by atoms with Crippen molar-refractivity contribution >= 4 is 21.6 Å². The van der Waals surface area contributed by atoms with Gasteiger partial charge < -0.3 is 9.64 Å². The minimum absolute atomic E-state index is 0.0360. The highest BCUT2D eigenvalue weighted by molar-refractivity contribution is 9.09. The number of hydrogen-bond donors (Lipinski definition) is 0. The summed E-state index contributed by atoms with van der Waals surface area (Å²) in [6.07, 6.45) is 3.04. The van der Waals surface area contributed by atoms with Crippen molar-refractivity contribution in [3.8, 4) is 0 Å². The Morgan fingerprint density at radius 2 is 2.42 bits per heavy atom. The molecule has 1 aromatic rings. The van der Waals surface area contributed by atoms with E-state index in [1.54, 1.807) is 19.4 Å². The molecule has 1 aliphatic heterocycles. The third-order valence-electron chi connectivity index (χ3n) is 3.45. The van der Waals surface area contributed by atoms with Crippen LogP contribution in [0.5, 0.6) is 0 Å². The second-order valence-electron chi connectivity index (χ2n) is 5.09. The average Bonchev–Trinajstić information content (AvgIpc) is 2.89. The zero-order valence-corrected chi connectivity index (χ0v) is 13.0. The van der Waals surface area contributed by atoms with Crippen LogP contribution in [0.2, 0.25) is 0 Å². The van der Waals surface area contributed by atoms with Crippen molar-refractivity contribution in [3.05, 3.63) is 22.6 Å². The summed E-state index contributed by atoms with van der Waals surface area (Å²) in [7, 11) is 1.73. The van der Waals surface area contributed by atoms with Crippen LogP contribution in [0.15, 0.2) is 17.1 Å². The topological polar surface area (TPSA) is 47.4 Å². The Balaban J connectivity index is 2.09. The zero-order valence-electron chi connectivity index (χ0n) is 11.4. The van der Waals surface area contributed by atoms with Gasteiger partial charge in [0.05, 0.1) is 18.0 Å². The van der Waals surface area contributed by atoms with Crippen molar-refractivity contribution in [2.75, 3.05) is 30.4 Å². The van der Waals surface area contributed by atoms with Crippen molar-refractivity contribution in [3.63, 3.8) is 0 Å². The van der Waals surface area contributed by atoms with E-state index in [0.717, 1.165) is 30.5 Å². The van der Waals surface area contributed by atoms with Crippen LogP contribution in [0.4, 0.5) is 5.69 Å². The minimum Gasteiger partial charge on any atom is -0.380 e. The molecule has 0 spiro atoms. The Morgan fingerprint density at radius 1 is 1.63 bits per heavy atom. The van der Waals surface area contributed by atoms with Gasteiger partial charge in [0.1, 0.15) is 0 Å². The Labute approximate surface area is 121 Å². The van der Waals surface area contributed by atoms with Gasteiger partial charge >= 0.3 is 0 Å². The van der Waals surface area contributed by atoms with Gasteiger partial charge in [-0.15, -0.1) is 0 Å². The van der Waals surface area contributed by atoms with Gasteiger partial charge in [-0.05, 0) is 12.3 Å². The third-order valence-corrected chi connectivity index (χ3v) is 4.55. The van der Waals surface area contributed by atoms with Gasteiger partial charge in [-0.2, -0.15) is 5.10 Å². The zero-order chi connectivity index (χ0) is 13.8. The van der Waals surface area contributed by atoms with Crippen molar-refractivity contribution < 1.29 is 4.74 Å². The molecule has 0 radical (unpaired) electrons. The summed E-state index contributed by atoms with van der Waals surface area (Å²) >= 11 is 3.41. The van der Waals surface area contributed by atoms with E-state index in [-0.39, 0.29) is 11.7 Å². The molecule has 2 unspecified atom stereocenters. The van der Waals surface area contributed by atoms with Crippen LogP contribution in [-0.4, -0.2) is 41.4 Å². The SMILES string of the molecule is COC1CCN(c2cnn(CC(C)CBr)c(=O)c2)C1. The summed E-state index contributed by atoms with van der Waals surface area (Å²) in [6.45, 7) is 4.48.